The number of thiophene rings is 1. The van der Waals surface area contributed by atoms with Crippen molar-refractivity contribution in [1.82, 2.24) is 9.47 Å². The normalized spacial score (nSPS) is 16.3. The minimum atomic E-state index is -0.333. The van der Waals surface area contributed by atoms with Gasteiger partial charge in [0.15, 0.2) is 0 Å². The second-order valence-electron chi connectivity index (χ2n) is 6.81. The van der Waals surface area contributed by atoms with Gasteiger partial charge in [-0.15, -0.1) is 11.3 Å². The first-order chi connectivity index (χ1) is 14.5. The number of amides is 1. The summed E-state index contributed by atoms with van der Waals surface area (Å²) in [5.41, 5.74) is 2.97. The van der Waals surface area contributed by atoms with Gasteiger partial charge in [0, 0.05) is 30.0 Å². The predicted octanol–water partition coefficient (Wildman–Crippen LogP) is 5.27. The van der Waals surface area contributed by atoms with Crippen LogP contribution in [0.5, 0.6) is 0 Å². The third kappa shape index (κ3) is 3.76. The molecule has 0 aliphatic carbocycles. The van der Waals surface area contributed by atoms with Gasteiger partial charge in [-0.05, 0) is 47.9 Å². The van der Waals surface area contributed by atoms with Gasteiger partial charge < -0.3 is 9.47 Å². The first kappa shape index (κ1) is 20.3. The van der Waals surface area contributed by atoms with Crippen LogP contribution in [0.25, 0.3) is 6.20 Å². The number of benzene rings is 1. The average Bonchev–Trinajstić information content (AvgIpc) is 3.14. The van der Waals surface area contributed by atoms with Crippen LogP contribution >= 0.6 is 22.9 Å². The number of halogens is 2. The van der Waals surface area contributed by atoms with E-state index < -0.39 is 0 Å². The standard InChI is InChI=1S/C23H19ClFN3OS/c1-3-26-21-10-7-16(14-27(21)4-2)23(29)28-12-11-19-18(13-20(24)30-19)22(28)15-5-8-17(25)9-6-15/h3-10,13-14,22H,1-2,11-12H2. The fraction of sp³-hybridized carbons (Fsp3) is 0.130. The van der Waals surface area contributed by atoms with Gasteiger partial charge in [-0.2, -0.15) is 0 Å². The highest BCUT2D eigenvalue weighted by molar-refractivity contribution is 7.16. The van der Waals surface area contributed by atoms with Gasteiger partial charge in [0.05, 0.1) is 15.9 Å². The maximum atomic E-state index is 13.5. The van der Waals surface area contributed by atoms with E-state index >= 15 is 0 Å². The van der Waals surface area contributed by atoms with Gasteiger partial charge in [-0.25, -0.2) is 9.38 Å². The second kappa shape index (κ2) is 8.42. The molecular formula is C23H19ClFN3OS. The van der Waals surface area contributed by atoms with E-state index in [-0.39, 0.29) is 17.8 Å². The number of hydrogen-bond donors (Lipinski definition) is 0. The Bertz CT molecular complexity index is 1200. The summed E-state index contributed by atoms with van der Waals surface area (Å²) in [6.45, 7) is 7.93. The van der Waals surface area contributed by atoms with Crippen molar-refractivity contribution in [3.05, 3.63) is 105 Å². The molecule has 1 aliphatic rings. The molecule has 1 unspecified atom stereocenters. The number of hydrogen-bond acceptors (Lipinski definition) is 3. The molecule has 2 aromatic heterocycles. The zero-order chi connectivity index (χ0) is 21.3. The van der Waals surface area contributed by atoms with Crippen LogP contribution in [0.1, 0.15) is 32.4 Å². The number of fused-ring (bicyclic) bond motifs is 1. The van der Waals surface area contributed by atoms with Gasteiger partial charge in [0.25, 0.3) is 5.91 Å². The third-order valence-electron chi connectivity index (χ3n) is 5.07. The fourth-order valence-electron chi connectivity index (χ4n) is 3.73. The maximum Gasteiger partial charge on any atom is 0.256 e. The molecular weight excluding hydrogens is 421 g/mol. The van der Waals surface area contributed by atoms with Crippen LogP contribution in [-0.4, -0.2) is 21.9 Å². The second-order valence-corrected chi connectivity index (χ2v) is 8.58. The van der Waals surface area contributed by atoms with E-state index in [1.807, 2.05) is 11.0 Å². The molecule has 3 heterocycles. The van der Waals surface area contributed by atoms with Gasteiger partial charge in [-0.1, -0.05) is 36.9 Å². The lowest BCUT2D eigenvalue weighted by atomic mass is 9.92. The third-order valence-corrected chi connectivity index (χ3v) is 6.41. The van der Waals surface area contributed by atoms with Crippen molar-refractivity contribution in [1.29, 1.82) is 0 Å². The van der Waals surface area contributed by atoms with E-state index in [2.05, 4.69) is 18.2 Å². The molecule has 0 fully saturated rings. The zero-order valence-electron chi connectivity index (χ0n) is 16.1. The fourth-order valence-corrected chi connectivity index (χ4v) is 5.03. The van der Waals surface area contributed by atoms with Crippen molar-refractivity contribution in [2.75, 3.05) is 6.54 Å². The van der Waals surface area contributed by atoms with Crippen LogP contribution in [0, 0.1) is 5.82 Å². The summed E-state index contributed by atoms with van der Waals surface area (Å²) in [4.78, 5) is 20.7. The monoisotopic (exact) mass is 439 g/mol. The van der Waals surface area contributed by atoms with Gasteiger partial charge in [0.2, 0.25) is 0 Å². The topological polar surface area (TPSA) is 37.6 Å². The lowest BCUT2D eigenvalue weighted by Crippen LogP contribution is -2.40. The molecule has 0 N–H and O–H groups in total. The summed E-state index contributed by atoms with van der Waals surface area (Å²) in [5, 5.41) is 0. The Kier molecular flexibility index (Phi) is 5.70. The quantitative estimate of drug-likeness (QED) is 0.545. The Balaban J connectivity index is 1.79. The molecule has 0 saturated carbocycles. The minimum Gasteiger partial charge on any atom is -0.327 e. The summed E-state index contributed by atoms with van der Waals surface area (Å²) in [5.74, 6) is -0.442. The SMILES string of the molecule is C=CN=c1ccc(C(=O)N2CCc3sc(Cl)cc3C2c2ccc(F)cc2)cn1C=C. The molecule has 4 nitrogen and oxygen atoms in total. The summed E-state index contributed by atoms with van der Waals surface area (Å²) in [7, 11) is 0. The average molecular weight is 440 g/mol. The lowest BCUT2D eigenvalue weighted by molar-refractivity contribution is 0.0695. The van der Waals surface area contributed by atoms with E-state index in [4.69, 9.17) is 11.6 Å². The Morgan fingerprint density at radius 3 is 2.70 bits per heavy atom. The largest absolute Gasteiger partial charge is 0.327 e. The number of carbonyl (C=O) groups is 1. The number of pyridine rings is 1. The molecule has 0 saturated heterocycles. The zero-order valence-corrected chi connectivity index (χ0v) is 17.7. The van der Waals surface area contributed by atoms with Crippen molar-refractivity contribution >= 4 is 35.0 Å². The predicted molar refractivity (Wildman–Crippen MR) is 119 cm³/mol. The Morgan fingerprint density at radius 2 is 2.00 bits per heavy atom. The van der Waals surface area contributed by atoms with Crippen molar-refractivity contribution in [2.45, 2.75) is 12.5 Å². The smallest absolute Gasteiger partial charge is 0.256 e. The number of aromatic nitrogens is 1. The van der Waals surface area contributed by atoms with Crippen molar-refractivity contribution in [3.8, 4) is 0 Å². The maximum absolute atomic E-state index is 13.5. The number of carbonyl (C=O) groups excluding carboxylic acids is 1. The molecule has 0 bridgehead atoms. The minimum absolute atomic E-state index is 0.127. The van der Waals surface area contributed by atoms with E-state index in [0.29, 0.717) is 21.9 Å². The molecule has 1 aromatic carbocycles. The van der Waals surface area contributed by atoms with Crippen LogP contribution in [0.2, 0.25) is 4.34 Å². The van der Waals surface area contributed by atoms with Crippen molar-refractivity contribution in [2.24, 2.45) is 4.99 Å². The highest BCUT2D eigenvalue weighted by Gasteiger charge is 2.34. The van der Waals surface area contributed by atoms with Gasteiger partial charge in [0.1, 0.15) is 11.3 Å². The summed E-state index contributed by atoms with van der Waals surface area (Å²) in [6.07, 6.45) is 5.45. The van der Waals surface area contributed by atoms with Crippen molar-refractivity contribution < 1.29 is 9.18 Å². The molecule has 4 rings (SSSR count). The molecule has 1 atom stereocenters. The van der Waals surface area contributed by atoms with Crippen molar-refractivity contribution in [3.63, 3.8) is 0 Å². The van der Waals surface area contributed by atoms with E-state index in [1.165, 1.54) is 29.7 Å². The first-order valence-corrected chi connectivity index (χ1v) is 10.6. The molecule has 152 valence electrons. The highest BCUT2D eigenvalue weighted by atomic mass is 35.5. The Labute approximate surface area is 182 Å². The summed E-state index contributed by atoms with van der Waals surface area (Å²) in [6, 6.07) is 11.3. The molecule has 3 aromatic rings. The first-order valence-electron chi connectivity index (χ1n) is 9.36. The summed E-state index contributed by atoms with van der Waals surface area (Å²) < 4.78 is 15.9. The van der Waals surface area contributed by atoms with E-state index in [0.717, 1.165) is 22.4 Å². The van der Waals surface area contributed by atoms with E-state index in [9.17, 15) is 9.18 Å². The molecule has 1 aliphatic heterocycles. The van der Waals surface area contributed by atoms with Gasteiger partial charge in [-0.3, -0.25) is 4.79 Å². The van der Waals surface area contributed by atoms with Gasteiger partial charge >= 0.3 is 0 Å². The van der Waals surface area contributed by atoms with Crippen LogP contribution in [0.3, 0.4) is 0 Å². The lowest BCUT2D eigenvalue weighted by Gasteiger charge is -2.36. The number of nitrogens with zero attached hydrogens (tertiary/aromatic N) is 3. The Hall–Kier alpha value is -2.96. The number of rotatable bonds is 4. The molecule has 30 heavy (non-hydrogen) atoms. The molecule has 7 heteroatoms. The summed E-state index contributed by atoms with van der Waals surface area (Å²) >= 11 is 7.81. The molecule has 1 amide bonds. The van der Waals surface area contributed by atoms with Crippen LogP contribution in [0.4, 0.5) is 4.39 Å². The highest BCUT2D eigenvalue weighted by Crippen LogP contribution is 2.41. The van der Waals surface area contributed by atoms with E-state index in [1.54, 1.807) is 41.2 Å². The van der Waals surface area contributed by atoms with Crippen LogP contribution in [0.15, 0.2) is 73.0 Å². The molecule has 0 radical (unpaired) electrons. The molecule has 0 spiro atoms. The van der Waals surface area contributed by atoms with Crippen LogP contribution < -0.4 is 5.49 Å². The Morgan fingerprint density at radius 1 is 1.23 bits per heavy atom. The van der Waals surface area contributed by atoms with Crippen LogP contribution in [-0.2, 0) is 6.42 Å².